The van der Waals surface area contributed by atoms with Gasteiger partial charge in [-0.15, -0.1) is 11.3 Å². The van der Waals surface area contributed by atoms with E-state index in [9.17, 15) is 0 Å². The average molecular weight is 321 g/mol. The van der Waals surface area contributed by atoms with Crippen molar-refractivity contribution in [2.45, 2.75) is 13.0 Å². The molecule has 5 heteroatoms. The standard InChI is InChI=1S/C12H21BrN2OS/c1-10(12-8-11(13)9-17-12)14-4-5-15(2)6-7-16-3/h8-10,14H,4-7H2,1-3H3. The molecule has 17 heavy (non-hydrogen) atoms. The number of halogens is 1. The molecule has 0 bridgehead atoms. The van der Waals surface area contributed by atoms with Crippen LogP contribution < -0.4 is 5.32 Å². The molecular formula is C12H21BrN2OS. The molecule has 3 nitrogen and oxygen atoms in total. The highest BCUT2D eigenvalue weighted by atomic mass is 79.9. The molecule has 0 radical (unpaired) electrons. The van der Waals surface area contributed by atoms with Gasteiger partial charge >= 0.3 is 0 Å². The molecule has 1 heterocycles. The van der Waals surface area contributed by atoms with Gasteiger partial charge in [-0.05, 0) is 36.0 Å². The molecule has 0 aliphatic rings. The van der Waals surface area contributed by atoms with Gasteiger partial charge in [0.25, 0.3) is 0 Å². The summed E-state index contributed by atoms with van der Waals surface area (Å²) in [6, 6.07) is 2.60. The zero-order valence-corrected chi connectivity index (χ0v) is 13.1. The number of rotatable bonds is 8. The number of nitrogens with zero attached hydrogens (tertiary/aromatic N) is 1. The van der Waals surface area contributed by atoms with Crippen molar-refractivity contribution in [2.24, 2.45) is 0 Å². The van der Waals surface area contributed by atoms with Crippen molar-refractivity contribution in [3.63, 3.8) is 0 Å². The topological polar surface area (TPSA) is 24.5 Å². The molecule has 1 atom stereocenters. The second kappa shape index (κ2) is 8.21. The van der Waals surface area contributed by atoms with Gasteiger partial charge in [-0.2, -0.15) is 0 Å². The lowest BCUT2D eigenvalue weighted by Gasteiger charge is -2.18. The van der Waals surface area contributed by atoms with Crippen LogP contribution in [-0.2, 0) is 4.74 Å². The summed E-state index contributed by atoms with van der Waals surface area (Å²) >= 11 is 5.27. The van der Waals surface area contributed by atoms with Crippen molar-refractivity contribution in [3.8, 4) is 0 Å². The second-order valence-corrected chi connectivity index (χ2v) is 6.00. The molecule has 0 aromatic carbocycles. The van der Waals surface area contributed by atoms with Crippen LogP contribution in [0.1, 0.15) is 17.8 Å². The Morgan fingerprint density at radius 3 is 2.88 bits per heavy atom. The molecule has 1 rings (SSSR count). The van der Waals surface area contributed by atoms with Crippen molar-refractivity contribution < 1.29 is 4.74 Å². The van der Waals surface area contributed by atoms with Crippen LogP contribution in [0.15, 0.2) is 15.9 Å². The summed E-state index contributed by atoms with van der Waals surface area (Å²) in [4.78, 5) is 3.64. The Morgan fingerprint density at radius 1 is 1.53 bits per heavy atom. The van der Waals surface area contributed by atoms with E-state index in [0.717, 1.165) is 26.2 Å². The third-order valence-electron chi connectivity index (χ3n) is 2.64. The number of likely N-dealkylation sites (N-methyl/N-ethyl adjacent to an activating group) is 1. The minimum atomic E-state index is 0.419. The summed E-state index contributed by atoms with van der Waals surface area (Å²) < 4.78 is 6.22. The first kappa shape index (κ1) is 15.1. The fourth-order valence-corrected chi connectivity index (χ4v) is 2.96. The van der Waals surface area contributed by atoms with E-state index in [2.05, 4.69) is 51.6 Å². The molecule has 0 fully saturated rings. The number of methoxy groups -OCH3 is 1. The third-order valence-corrected chi connectivity index (χ3v) is 4.51. The van der Waals surface area contributed by atoms with E-state index in [-0.39, 0.29) is 0 Å². The fraction of sp³-hybridized carbons (Fsp3) is 0.667. The van der Waals surface area contributed by atoms with Crippen LogP contribution in [-0.4, -0.2) is 45.3 Å². The Morgan fingerprint density at radius 2 is 2.29 bits per heavy atom. The molecule has 0 saturated carbocycles. The van der Waals surface area contributed by atoms with Crippen LogP contribution in [0.25, 0.3) is 0 Å². The minimum Gasteiger partial charge on any atom is -0.383 e. The second-order valence-electron chi connectivity index (χ2n) is 4.14. The van der Waals surface area contributed by atoms with Crippen LogP contribution in [0.2, 0.25) is 0 Å². The predicted octanol–water partition coefficient (Wildman–Crippen LogP) is 2.74. The number of ether oxygens (including phenoxy) is 1. The lowest BCUT2D eigenvalue weighted by Crippen LogP contribution is -2.32. The van der Waals surface area contributed by atoms with Crippen molar-refractivity contribution in [1.29, 1.82) is 0 Å². The predicted molar refractivity (Wildman–Crippen MR) is 77.8 cm³/mol. The maximum Gasteiger partial charge on any atom is 0.0589 e. The van der Waals surface area contributed by atoms with E-state index in [1.807, 2.05) is 0 Å². The number of nitrogens with one attached hydrogen (secondary N) is 1. The molecule has 98 valence electrons. The van der Waals surface area contributed by atoms with Crippen molar-refractivity contribution in [3.05, 3.63) is 20.8 Å². The molecule has 0 amide bonds. The highest BCUT2D eigenvalue weighted by Gasteiger charge is 2.07. The fourth-order valence-electron chi connectivity index (χ4n) is 1.49. The van der Waals surface area contributed by atoms with Gasteiger partial charge in [0.05, 0.1) is 6.61 Å². The maximum atomic E-state index is 5.05. The van der Waals surface area contributed by atoms with E-state index in [1.165, 1.54) is 9.35 Å². The first-order valence-electron chi connectivity index (χ1n) is 5.78. The van der Waals surface area contributed by atoms with Crippen LogP contribution in [0.4, 0.5) is 0 Å². The van der Waals surface area contributed by atoms with Crippen LogP contribution in [0.5, 0.6) is 0 Å². The summed E-state index contributed by atoms with van der Waals surface area (Å²) in [6.45, 7) is 6.02. The maximum absolute atomic E-state index is 5.05. The molecule has 1 aromatic heterocycles. The minimum absolute atomic E-state index is 0.419. The number of hydrogen-bond acceptors (Lipinski definition) is 4. The molecule has 0 saturated heterocycles. The average Bonchev–Trinajstić information content (AvgIpc) is 2.73. The highest BCUT2D eigenvalue weighted by molar-refractivity contribution is 9.10. The lowest BCUT2D eigenvalue weighted by molar-refractivity contribution is 0.161. The Kier molecular flexibility index (Phi) is 7.30. The lowest BCUT2D eigenvalue weighted by atomic mass is 10.3. The molecule has 0 aliphatic heterocycles. The Labute approximate surface area is 116 Å². The van der Waals surface area contributed by atoms with Gasteiger partial charge in [-0.3, -0.25) is 0 Å². The van der Waals surface area contributed by atoms with Crippen molar-refractivity contribution in [1.82, 2.24) is 10.2 Å². The summed E-state index contributed by atoms with van der Waals surface area (Å²) in [5.74, 6) is 0. The first-order valence-corrected chi connectivity index (χ1v) is 7.45. The van der Waals surface area contributed by atoms with Gasteiger partial charge in [-0.25, -0.2) is 0 Å². The van der Waals surface area contributed by atoms with Crippen LogP contribution in [0, 0.1) is 0 Å². The Balaban J connectivity index is 2.18. The van der Waals surface area contributed by atoms with E-state index >= 15 is 0 Å². The van der Waals surface area contributed by atoms with Crippen molar-refractivity contribution >= 4 is 27.3 Å². The molecular weight excluding hydrogens is 300 g/mol. The molecule has 0 aliphatic carbocycles. The van der Waals surface area contributed by atoms with Crippen molar-refractivity contribution in [2.75, 3.05) is 40.4 Å². The number of hydrogen-bond donors (Lipinski definition) is 1. The van der Waals surface area contributed by atoms with Gasteiger partial charge in [0, 0.05) is 47.5 Å². The first-order chi connectivity index (χ1) is 8.13. The van der Waals surface area contributed by atoms with E-state index in [4.69, 9.17) is 4.74 Å². The van der Waals surface area contributed by atoms with E-state index in [1.54, 1.807) is 18.4 Å². The monoisotopic (exact) mass is 320 g/mol. The normalized spacial score (nSPS) is 13.2. The number of thiophene rings is 1. The summed E-state index contributed by atoms with van der Waals surface area (Å²) in [5, 5.41) is 5.65. The van der Waals surface area contributed by atoms with E-state index in [0.29, 0.717) is 6.04 Å². The van der Waals surface area contributed by atoms with Gasteiger partial charge < -0.3 is 15.0 Å². The van der Waals surface area contributed by atoms with Gasteiger partial charge in [0.2, 0.25) is 0 Å². The molecule has 1 unspecified atom stereocenters. The van der Waals surface area contributed by atoms with Crippen LogP contribution in [0.3, 0.4) is 0 Å². The van der Waals surface area contributed by atoms with E-state index < -0.39 is 0 Å². The molecule has 0 spiro atoms. The van der Waals surface area contributed by atoms with Gasteiger partial charge in [-0.1, -0.05) is 0 Å². The Bertz CT molecular complexity index is 319. The summed E-state index contributed by atoms with van der Waals surface area (Å²) in [5.41, 5.74) is 0. The molecule has 1 N–H and O–H groups in total. The third kappa shape index (κ3) is 5.97. The zero-order valence-electron chi connectivity index (χ0n) is 10.7. The zero-order chi connectivity index (χ0) is 12.7. The van der Waals surface area contributed by atoms with Crippen LogP contribution >= 0.6 is 27.3 Å². The smallest absolute Gasteiger partial charge is 0.0589 e. The largest absolute Gasteiger partial charge is 0.383 e. The quantitative estimate of drug-likeness (QED) is 0.797. The summed E-state index contributed by atoms with van der Waals surface area (Å²) in [7, 11) is 3.86. The SMILES string of the molecule is COCCN(C)CCNC(C)c1cc(Br)cs1. The Hall–Kier alpha value is 0.0600. The molecule has 1 aromatic rings. The summed E-state index contributed by atoms with van der Waals surface area (Å²) in [6.07, 6.45) is 0. The highest BCUT2D eigenvalue weighted by Crippen LogP contribution is 2.24. The van der Waals surface area contributed by atoms with Gasteiger partial charge in [0.15, 0.2) is 0 Å². The van der Waals surface area contributed by atoms with Gasteiger partial charge in [0.1, 0.15) is 0 Å².